The summed E-state index contributed by atoms with van der Waals surface area (Å²) in [6.07, 6.45) is 1.25. The number of aryl methyl sites for hydroxylation is 2. The van der Waals surface area contributed by atoms with Crippen LogP contribution in [-0.4, -0.2) is 69.2 Å². The van der Waals surface area contributed by atoms with Gasteiger partial charge in [-0.1, -0.05) is 0 Å². The molecule has 0 bridgehead atoms. The third kappa shape index (κ3) is 3.58. The van der Waals surface area contributed by atoms with Crippen LogP contribution in [0.25, 0.3) is 0 Å². The third-order valence-electron chi connectivity index (χ3n) is 4.57. The highest BCUT2D eigenvalue weighted by Gasteiger charge is 2.29. The maximum Gasteiger partial charge on any atom is 0.308 e. The first-order valence-corrected chi connectivity index (χ1v) is 7.98. The predicted octanol–water partition coefficient (Wildman–Crippen LogP) is 0.432. The van der Waals surface area contributed by atoms with Crippen LogP contribution in [0.15, 0.2) is 0 Å². The molecule has 8 nitrogen and oxygen atoms in total. The molecular formula is C16H24N4O4. The lowest BCUT2D eigenvalue weighted by Crippen LogP contribution is -2.47. The van der Waals surface area contributed by atoms with Crippen molar-refractivity contribution in [1.29, 1.82) is 0 Å². The van der Waals surface area contributed by atoms with E-state index in [4.69, 9.17) is 5.11 Å². The second-order valence-corrected chi connectivity index (χ2v) is 6.35. The van der Waals surface area contributed by atoms with Crippen LogP contribution in [0.5, 0.6) is 0 Å². The van der Waals surface area contributed by atoms with Gasteiger partial charge in [-0.15, -0.1) is 0 Å². The van der Waals surface area contributed by atoms with Gasteiger partial charge in [-0.2, -0.15) is 5.10 Å². The standard InChI is InChI=1S/C16H24N4O4/c1-10-14(11(2)19(4)17-10)15(22)18(3)9-13(21)20-7-5-6-12(8-20)16(23)24/h12H,5-9H2,1-4H3,(H,23,24)/t12-/m1/s1. The Labute approximate surface area is 141 Å². The van der Waals surface area contributed by atoms with E-state index >= 15 is 0 Å². The van der Waals surface area contributed by atoms with Crippen molar-refractivity contribution in [1.82, 2.24) is 19.6 Å². The SMILES string of the molecule is Cc1nn(C)c(C)c1C(=O)N(C)CC(=O)N1CCC[C@@H](C(=O)O)C1. The fourth-order valence-electron chi connectivity index (χ4n) is 3.05. The summed E-state index contributed by atoms with van der Waals surface area (Å²) in [6.45, 7) is 4.25. The van der Waals surface area contributed by atoms with Gasteiger partial charge in [0.2, 0.25) is 5.91 Å². The molecule has 0 aliphatic carbocycles. The largest absolute Gasteiger partial charge is 0.481 e. The lowest BCUT2D eigenvalue weighted by molar-refractivity contribution is -0.145. The molecule has 0 saturated carbocycles. The van der Waals surface area contributed by atoms with Crippen molar-refractivity contribution in [3.05, 3.63) is 17.0 Å². The Morgan fingerprint density at radius 1 is 1.33 bits per heavy atom. The number of nitrogens with zero attached hydrogens (tertiary/aromatic N) is 4. The molecular weight excluding hydrogens is 312 g/mol. The molecule has 24 heavy (non-hydrogen) atoms. The molecule has 0 unspecified atom stereocenters. The molecule has 2 amide bonds. The molecule has 0 aromatic carbocycles. The maximum atomic E-state index is 12.6. The van der Waals surface area contributed by atoms with Crippen molar-refractivity contribution in [3.8, 4) is 0 Å². The maximum absolute atomic E-state index is 12.6. The zero-order valence-electron chi connectivity index (χ0n) is 14.6. The Kier molecular flexibility index (Phi) is 5.26. The number of rotatable bonds is 4. The van der Waals surface area contributed by atoms with E-state index in [0.717, 1.165) is 5.69 Å². The number of aromatic nitrogens is 2. The average molecular weight is 336 g/mol. The van der Waals surface area contributed by atoms with Crippen molar-refractivity contribution in [2.75, 3.05) is 26.7 Å². The molecule has 132 valence electrons. The number of carbonyl (C=O) groups is 3. The number of hydrogen-bond acceptors (Lipinski definition) is 4. The van der Waals surface area contributed by atoms with Crippen molar-refractivity contribution >= 4 is 17.8 Å². The fraction of sp³-hybridized carbons (Fsp3) is 0.625. The van der Waals surface area contributed by atoms with Crippen molar-refractivity contribution in [2.24, 2.45) is 13.0 Å². The number of carboxylic acids is 1. The van der Waals surface area contributed by atoms with E-state index in [0.29, 0.717) is 30.6 Å². The highest BCUT2D eigenvalue weighted by Crippen LogP contribution is 2.18. The Morgan fingerprint density at radius 3 is 2.54 bits per heavy atom. The molecule has 0 radical (unpaired) electrons. The summed E-state index contributed by atoms with van der Waals surface area (Å²) in [6, 6.07) is 0. The molecule has 1 aromatic rings. The molecule has 1 aromatic heterocycles. The number of likely N-dealkylation sites (tertiary alicyclic amines) is 1. The molecule has 1 fully saturated rings. The van der Waals surface area contributed by atoms with Gasteiger partial charge in [-0.3, -0.25) is 19.1 Å². The smallest absolute Gasteiger partial charge is 0.308 e. The van der Waals surface area contributed by atoms with Crippen LogP contribution < -0.4 is 0 Å². The highest BCUT2D eigenvalue weighted by molar-refractivity contribution is 5.98. The Morgan fingerprint density at radius 2 is 2.00 bits per heavy atom. The monoisotopic (exact) mass is 336 g/mol. The van der Waals surface area contributed by atoms with E-state index in [1.54, 1.807) is 25.7 Å². The first kappa shape index (κ1) is 18.0. The van der Waals surface area contributed by atoms with Gasteiger partial charge in [-0.05, 0) is 26.7 Å². The molecule has 1 aliphatic rings. The van der Waals surface area contributed by atoms with Crippen LogP contribution >= 0.6 is 0 Å². The Hall–Kier alpha value is -2.38. The summed E-state index contributed by atoms with van der Waals surface area (Å²) in [5, 5.41) is 13.3. The molecule has 8 heteroatoms. The molecule has 2 rings (SSSR count). The number of amides is 2. The van der Waals surface area contributed by atoms with E-state index in [2.05, 4.69) is 5.10 Å². The molecule has 1 atom stereocenters. The molecule has 0 spiro atoms. The average Bonchev–Trinajstić information content (AvgIpc) is 2.79. The Balaban J connectivity index is 2.03. The number of likely N-dealkylation sites (N-methyl/N-ethyl adjacent to an activating group) is 1. The lowest BCUT2D eigenvalue weighted by atomic mass is 9.98. The second-order valence-electron chi connectivity index (χ2n) is 6.35. The van der Waals surface area contributed by atoms with Crippen LogP contribution in [0, 0.1) is 19.8 Å². The van der Waals surface area contributed by atoms with E-state index in [9.17, 15) is 14.4 Å². The fourth-order valence-corrected chi connectivity index (χ4v) is 3.05. The minimum atomic E-state index is -0.876. The van der Waals surface area contributed by atoms with E-state index < -0.39 is 11.9 Å². The van der Waals surface area contributed by atoms with Gasteiger partial charge < -0.3 is 14.9 Å². The van der Waals surface area contributed by atoms with Crippen LogP contribution in [0.4, 0.5) is 0 Å². The molecule has 1 aliphatic heterocycles. The van der Waals surface area contributed by atoms with Crippen molar-refractivity contribution in [3.63, 3.8) is 0 Å². The molecule has 1 N–H and O–H groups in total. The summed E-state index contributed by atoms with van der Waals surface area (Å²) in [5.74, 6) is -1.88. The van der Waals surface area contributed by atoms with Crippen LogP contribution in [0.1, 0.15) is 34.6 Å². The third-order valence-corrected chi connectivity index (χ3v) is 4.57. The zero-order chi connectivity index (χ0) is 18.0. The minimum absolute atomic E-state index is 0.0705. The summed E-state index contributed by atoms with van der Waals surface area (Å²) in [4.78, 5) is 39.0. The Bertz CT molecular complexity index is 667. The topological polar surface area (TPSA) is 95.7 Å². The van der Waals surface area contributed by atoms with Gasteiger partial charge in [0.05, 0.1) is 23.7 Å². The van der Waals surface area contributed by atoms with Crippen molar-refractivity contribution in [2.45, 2.75) is 26.7 Å². The molecule has 1 saturated heterocycles. The summed E-state index contributed by atoms with van der Waals surface area (Å²) in [5.41, 5.74) is 1.89. The van der Waals surface area contributed by atoms with Crippen LogP contribution in [0.3, 0.4) is 0 Å². The molecule has 2 heterocycles. The van der Waals surface area contributed by atoms with Gasteiger partial charge in [-0.25, -0.2) is 0 Å². The van der Waals surface area contributed by atoms with E-state index in [1.165, 1.54) is 9.80 Å². The number of aliphatic carboxylic acids is 1. The number of carbonyl (C=O) groups excluding carboxylic acids is 2. The predicted molar refractivity (Wildman–Crippen MR) is 86.6 cm³/mol. The van der Waals surface area contributed by atoms with Crippen LogP contribution in [0.2, 0.25) is 0 Å². The van der Waals surface area contributed by atoms with Gasteiger partial charge in [0, 0.05) is 32.9 Å². The highest BCUT2D eigenvalue weighted by atomic mass is 16.4. The minimum Gasteiger partial charge on any atom is -0.481 e. The first-order valence-electron chi connectivity index (χ1n) is 7.98. The van der Waals surface area contributed by atoms with E-state index in [-0.39, 0.29) is 24.9 Å². The van der Waals surface area contributed by atoms with Crippen molar-refractivity contribution < 1.29 is 19.5 Å². The van der Waals surface area contributed by atoms with Gasteiger partial charge in [0.25, 0.3) is 5.91 Å². The summed E-state index contributed by atoms with van der Waals surface area (Å²) >= 11 is 0. The van der Waals surface area contributed by atoms with Gasteiger partial charge in [0.15, 0.2) is 0 Å². The quantitative estimate of drug-likeness (QED) is 0.860. The van der Waals surface area contributed by atoms with Gasteiger partial charge in [0.1, 0.15) is 0 Å². The summed E-state index contributed by atoms with van der Waals surface area (Å²) < 4.78 is 1.64. The zero-order valence-corrected chi connectivity index (χ0v) is 14.6. The van der Waals surface area contributed by atoms with Gasteiger partial charge >= 0.3 is 5.97 Å². The first-order chi connectivity index (χ1) is 11.2. The summed E-state index contributed by atoms with van der Waals surface area (Å²) in [7, 11) is 3.34. The van der Waals surface area contributed by atoms with E-state index in [1.807, 2.05) is 6.92 Å². The number of carboxylic acid groups (broad SMARTS) is 1. The number of piperidine rings is 1. The number of hydrogen-bond donors (Lipinski definition) is 1. The normalized spacial score (nSPS) is 17.7. The van der Waals surface area contributed by atoms with Crippen LogP contribution in [-0.2, 0) is 16.6 Å². The second kappa shape index (κ2) is 7.02. The lowest BCUT2D eigenvalue weighted by Gasteiger charge is -2.32.